The minimum absolute atomic E-state index is 0. The molecule has 48 heavy (non-hydrogen) atoms. The van der Waals surface area contributed by atoms with Gasteiger partial charge in [0.15, 0.2) is 0 Å². The van der Waals surface area contributed by atoms with E-state index in [0.29, 0.717) is 30.2 Å². The molecule has 0 amide bonds. The standard InChI is InChI=1S/C22H21N3O16S4.3Na/c1-10(26)23-14-7-12(43(30,31)32)5-11-6-18(44(33,34)35)21(22(29)20(11)14)25-24-13-8-16(39-2)17(9-15(13)27)42-41-19(28)3-4-40-45(36,37)38;;;/h5-9,27,29H,3-4H2,1-2H3,(H,23,26)(H,30,31,32)(H,33,34,35)(H,36,37,38);;;/q;3*+1/p-3. The fourth-order valence-electron chi connectivity index (χ4n) is 3.42. The van der Waals surface area contributed by atoms with Gasteiger partial charge in [-0.3, -0.25) is 23.4 Å². The molecule has 3 N–H and O–H groups in total. The number of ether oxygens (including phenoxy) is 1. The summed E-state index contributed by atoms with van der Waals surface area (Å²) in [6, 6.07) is 3.77. The predicted octanol–water partition coefficient (Wildman–Crippen LogP) is -7.91. The second-order valence-corrected chi connectivity index (χ2v) is 13.1. The van der Waals surface area contributed by atoms with Crippen LogP contribution in [0.25, 0.3) is 10.8 Å². The van der Waals surface area contributed by atoms with Crippen molar-refractivity contribution in [1.29, 1.82) is 0 Å². The quantitative estimate of drug-likeness (QED) is 0.0384. The van der Waals surface area contributed by atoms with Crippen LogP contribution in [0, 0.1) is 0 Å². The zero-order chi connectivity index (χ0) is 33.9. The second kappa shape index (κ2) is 18.9. The van der Waals surface area contributed by atoms with Gasteiger partial charge in [-0.25, -0.2) is 4.18 Å². The number of azo groups is 1. The van der Waals surface area contributed by atoms with E-state index in [-0.39, 0.29) is 99.3 Å². The summed E-state index contributed by atoms with van der Waals surface area (Å²) in [6.07, 6.45) is -0.608. The normalized spacial score (nSPS) is 12.1. The molecule has 244 valence electrons. The Labute approximate surface area is 343 Å². The first-order valence-corrected chi connectivity index (χ1v) is 16.5. The van der Waals surface area contributed by atoms with Gasteiger partial charge in [-0.05, 0) is 42.5 Å². The monoisotopic (exact) mass is 777 g/mol. The Bertz CT molecular complexity index is 2070. The molecule has 3 rings (SSSR count). The molecule has 0 saturated heterocycles. The van der Waals surface area contributed by atoms with Gasteiger partial charge >= 0.3 is 105 Å². The zero-order valence-corrected chi connectivity index (χ0v) is 34.7. The summed E-state index contributed by atoms with van der Waals surface area (Å²) >= 11 is 0.319. The van der Waals surface area contributed by atoms with E-state index in [4.69, 9.17) is 13.5 Å². The smallest absolute Gasteiger partial charge is 0.871 e. The molecular weight excluding hydrogens is 759 g/mol. The van der Waals surface area contributed by atoms with Gasteiger partial charge in [0.25, 0.3) is 20.2 Å². The van der Waals surface area contributed by atoms with E-state index in [1.165, 1.54) is 0 Å². The Kier molecular flexibility index (Phi) is 18.5. The van der Waals surface area contributed by atoms with Crippen LogP contribution in [0.4, 0.5) is 17.1 Å². The Balaban J connectivity index is 0.00000736. The molecule has 0 bridgehead atoms. The predicted molar refractivity (Wildman–Crippen MR) is 146 cm³/mol. The number of hydrogen-bond acceptors (Lipinski definition) is 17. The molecule has 0 aliphatic heterocycles. The maximum Gasteiger partial charge on any atom is 1.00 e. The number of rotatable bonds is 12. The number of hydrogen-bond donors (Lipinski definition) is 3. The first-order valence-electron chi connectivity index (χ1n) is 11.5. The van der Waals surface area contributed by atoms with Gasteiger partial charge < -0.3 is 24.2 Å². The van der Waals surface area contributed by atoms with Gasteiger partial charge in [0, 0.05) is 11.5 Å². The third-order valence-electron chi connectivity index (χ3n) is 5.20. The molecule has 0 aliphatic carbocycles. The Hall–Kier alpha value is -1.10. The fraction of sp³-hybridized carbons (Fsp3) is 0.182. The molecule has 0 fully saturated rings. The summed E-state index contributed by atoms with van der Waals surface area (Å²) in [5.41, 5.74) is -2.22. The van der Waals surface area contributed by atoms with Gasteiger partial charge in [-0.1, -0.05) is 11.5 Å². The molecule has 0 saturated carbocycles. The molecule has 19 nitrogen and oxygen atoms in total. The molecule has 3 aromatic rings. The summed E-state index contributed by atoms with van der Waals surface area (Å²) in [5.74, 6) is -4.32. The van der Waals surface area contributed by atoms with Crippen LogP contribution < -0.4 is 109 Å². The van der Waals surface area contributed by atoms with Crippen LogP contribution >= 0.6 is 12.0 Å². The number of aliphatic imine (C=N–C) groups is 1. The van der Waals surface area contributed by atoms with Crippen molar-refractivity contribution in [3.05, 3.63) is 30.3 Å². The third kappa shape index (κ3) is 12.9. The van der Waals surface area contributed by atoms with Gasteiger partial charge in [0.05, 0.1) is 59.0 Å². The molecule has 0 atom stereocenters. The van der Waals surface area contributed by atoms with Crippen molar-refractivity contribution < 1.29 is 161 Å². The summed E-state index contributed by atoms with van der Waals surface area (Å²) in [7, 11) is -13.9. The number of benzene rings is 3. The van der Waals surface area contributed by atoms with Crippen molar-refractivity contribution in [3.63, 3.8) is 0 Å². The van der Waals surface area contributed by atoms with Crippen LogP contribution in [0.5, 0.6) is 17.2 Å². The topological polar surface area (TPSA) is 314 Å². The van der Waals surface area contributed by atoms with Crippen LogP contribution in [-0.4, -0.2) is 64.5 Å². The number of methoxy groups -OCH3 is 1. The minimum Gasteiger partial charge on any atom is -0.871 e. The summed E-state index contributed by atoms with van der Waals surface area (Å²) in [6.45, 7) is 0.212. The average Bonchev–Trinajstić information content (AvgIpc) is 2.89. The van der Waals surface area contributed by atoms with Crippen molar-refractivity contribution in [2.75, 3.05) is 13.7 Å². The van der Waals surface area contributed by atoms with E-state index < -0.39 is 105 Å². The van der Waals surface area contributed by atoms with E-state index >= 15 is 0 Å². The third-order valence-corrected chi connectivity index (χ3v) is 8.13. The van der Waals surface area contributed by atoms with Crippen molar-refractivity contribution in [1.82, 2.24) is 0 Å². The number of nitrogens with zero attached hydrogens (tertiary/aromatic N) is 3. The van der Waals surface area contributed by atoms with E-state index in [1.807, 2.05) is 0 Å². The number of carbonyl (C=O) groups excluding carboxylic acids is 1. The second-order valence-electron chi connectivity index (χ2n) is 8.38. The average molecular weight is 778 g/mol. The Morgan fingerprint density at radius 2 is 1.52 bits per heavy atom. The molecule has 0 spiro atoms. The SMILES string of the molecule is COc1cc(N=Nc2c(S(=O)(=O)O)cc3cc(S(=O)(=O)O)cc(N=C(C)[O-])c3c2[O-])c([O-])cc1SOC(=O)CCOS(=O)(=O)O.[Na+].[Na+].[Na+]. The molecule has 26 heteroatoms. The summed E-state index contributed by atoms with van der Waals surface area (Å²) in [4.78, 5) is 13.2. The maximum absolute atomic E-state index is 13.4. The van der Waals surface area contributed by atoms with E-state index in [9.17, 15) is 54.5 Å². The van der Waals surface area contributed by atoms with Crippen LogP contribution in [0.2, 0.25) is 0 Å². The van der Waals surface area contributed by atoms with Crippen molar-refractivity contribution in [2.24, 2.45) is 15.2 Å². The Morgan fingerprint density at radius 3 is 2.04 bits per heavy atom. The Morgan fingerprint density at radius 1 is 0.896 bits per heavy atom. The van der Waals surface area contributed by atoms with Gasteiger partial charge in [-0.15, -0.1) is 5.11 Å². The van der Waals surface area contributed by atoms with Crippen LogP contribution in [0.3, 0.4) is 0 Å². The summed E-state index contributed by atoms with van der Waals surface area (Å²) < 4.78 is 110. The van der Waals surface area contributed by atoms with E-state index in [2.05, 4.69) is 19.4 Å². The first-order chi connectivity index (χ1) is 20.7. The zero-order valence-electron chi connectivity index (χ0n) is 25.4. The van der Waals surface area contributed by atoms with Gasteiger partial charge in [-0.2, -0.15) is 30.4 Å². The summed E-state index contributed by atoms with van der Waals surface area (Å²) in [5, 5.41) is 43.8. The molecular formula is C22H18N3Na3O16S4. The number of carbonyl (C=O) groups is 1. The molecule has 0 unspecified atom stereocenters. The molecule has 0 radical (unpaired) electrons. The fourth-order valence-corrected chi connectivity index (χ4v) is 5.55. The van der Waals surface area contributed by atoms with Crippen molar-refractivity contribution in [3.8, 4) is 17.2 Å². The number of fused-ring (bicyclic) bond motifs is 1. The van der Waals surface area contributed by atoms with Crippen LogP contribution in [0.1, 0.15) is 13.3 Å². The molecule has 3 aromatic carbocycles. The van der Waals surface area contributed by atoms with Crippen molar-refractivity contribution in [2.45, 2.75) is 28.0 Å². The van der Waals surface area contributed by atoms with E-state index in [0.717, 1.165) is 26.2 Å². The van der Waals surface area contributed by atoms with Gasteiger partial charge in [0.2, 0.25) is 0 Å². The molecule has 0 heterocycles. The maximum atomic E-state index is 13.4. The van der Waals surface area contributed by atoms with Crippen molar-refractivity contribution >= 4 is 82.4 Å². The molecule has 0 aromatic heterocycles. The molecule has 0 aliphatic rings. The first kappa shape index (κ1) is 46.9. The largest absolute Gasteiger partial charge is 1.00 e. The van der Waals surface area contributed by atoms with Crippen LogP contribution in [-0.2, 0) is 43.8 Å². The minimum atomic E-state index is -5.27. The van der Waals surface area contributed by atoms with E-state index in [1.54, 1.807) is 0 Å². The van der Waals surface area contributed by atoms with Crippen LogP contribution in [0.15, 0.2) is 60.2 Å². The van der Waals surface area contributed by atoms with Gasteiger partial charge in [0.1, 0.15) is 10.6 Å².